The topological polar surface area (TPSA) is 55.6 Å². The molecule has 4 heteroatoms. The average Bonchev–Trinajstić information content (AvgIpc) is 2.69. The van der Waals surface area contributed by atoms with Gasteiger partial charge in [-0.25, -0.2) is 0 Å². The summed E-state index contributed by atoms with van der Waals surface area (Å²) in [6.45, 7) is 5.35. The van der Waals surface area contributed by atoms with Gasteiger partial charge >= 0.3 is 0 Å². The van der Waals surface area contributed by atoms with Crippen LogP contribution in [-0.4, -0.2) is 25.2 Å². The number of carbonyl (C=O) groups is 1. The Morgan fingerprint density at radius 3 is 3.00 bits per heavy atom. The van der Waals surface area contributed by atoms with Crippen LogP contribution in [0.4, 0.5) is 11.4 Å². The van der Waals surface area contributed by atoms with Crippen LogP contribution in [0.3, 0.4) is 0 Å². The molecule has 1 aliphatic rings. The van der Waals surface area contributed by atoms with E-state index in [1.54, 1.807) is 0 Å². The molecule has 0 saturated heterocycles. The third kappa shape index (κ3) is 3.07. The summed E-state index contributed by atoms with van der Waals surface area (Å²) >= 11 is 0. The van der Waals surface area contributed by atoms with Crippen molar-refractivity contribution in [2.45, 2.75) is 39.2 Å². The molecule has 1 atom stereocenters. The normalized spacial score (nSPS) is 17.6. The molecule has 0 radical (unpaired) electrons. The van der Waals surface area contributed by atoms with Crippen LogP contribution in [0, 0.1) is 0 Å². The van der Waals surface area contributed by atoms with Gasteiger partial charge < -0.3 is 15.4 Å². The molecule has 0 aromatic heterocycles. The van der Waals surface area contributed by atoms with E-state index in [9.17, 15) is 4.79 Å². The fraction of sp³-hybridized carbons (Fsp3) is 0.533. The Kier molecular flexibility index (Phi) is 4.43. The lowest BCUT2D eigenvalue weighted by Gasteiger charge is -2.22. The lowest BCUT2D eigenvalue weighted by Crippen LogP contribution is -2.36. The number of nitrogens with two attached hydrogens (primary N) is 1. The Labute approximate surface area is 114 Å². The highest BCUT2D eigenvalue weighted by molar-refractivity contribution is 5.96. The molecule has 1 unspecified atom stereocenters. The number of carbonyl (C=O) groups excluding carboxylic acids is 1. The Balaban J connectivity index is 2.02. The van der Waals surface area contributed by atoms with Gasteiger partial charge in [-0.15, -0.1) is 0 Å². The summed E-state index contributed by atoms with van der Waals surface area (Å²) < 4.78 is 5.39. The maximum atomic E-state index is 12.3. The van der Waals surface area contributed by atoms with Crippen molar-refractivity contribution in [3.63, 3.8) is 0 Å². The Hall–Kier alpha value is -1.55. The highest BCUT2D eigenvalue weighted by atomic mass is 16.5. The SMILES string of the molecule is CCCOCCC(=O)N1c2ccc(N)cc2CC1C. The minimum absolute atomic E-state index is 0.132. The number of fused-ring (bicyclic) bond motifs is 1. The fourth-order valence-electron chi connectivity index (χ4n) is 2.56. The lowest BCUT2D eigenvalue weighted by atomic mass is 10.1. The van der Waals surface area contributed by atoms with Crippen LogP contribution < -0.4 is 10.6 Å². The third-order valence-corrected chi connectivity index (χ3v) is 3.40. The Morgan fingerprint density at radius 1 is 1.47 bits per heavy atom. The van der Waals surface area contributed by atoms with Crippen LogP contribution in [0.25, 0.3) is 0 Å². The fourth-order valence-corrected chi connectivity index (χ4v) is 2.56. The number of ether oxygens (including phenoxy) is 1. The average molecular weight is 262 g/mol. The van der Waals surface area contributed by atoms with Crippen molar-refractivity contribution in [2.75, 3.05) is 23.8 Å². The summed E-state index contributed by atoms with van der Waals surface area (Å²) in [4.78, 5) is 14.2. The first-order chi connectivity index (χ1) is 9.13. The Morgan fingerprint density at radius 2 is 2.26 bits per heavy atom. The zero-order chi connectivity index (χ0) is 13.8. The van der Waals surface area contributed by atoms with Gasteiger partial charge in [0.25, 0.3) is 0 Å². The van der Waals surface area contributed by atoms with E-state index >= 15 is 0 Å². The zero-order valence-electron chi connectivity index (χ0n) is 11.7. The van der Waals surface area contributed by atoms with E-state index in [0.29, 0.717) is 13.0 Å². The van der Waals surface area contributed by atoms with E-state index in [2.05, 4.69) is 13.8 Å². The first kappa shape index (κ1) is 13.9. The van der Waals surface area contributed by atoms with Gasteiger partial charge in [0.1, 0.15) is 0 Å². The van der Waals surface area contributed by atoms with Gasteiger partial charge in [-0.05, 0) is 43.5 Å². The second-order valence-corrected chi connectivity index (χ2v) is 5.07. The third-order valence-electron chi connectivity index (χ3n) is 3.40. The summed E-state index contributed by atoms with van der Waals surface area (Å²) in [6.07, 6.45) is 2.30. The quantitative estimate of drug-likeness (QED) is 0.654. The molecule has 0 aliphatic carbocycles. The van der Waals surface area contributed by atoms with Crippen LogP contribution in [0.15, 0.2) is 18.2 Å². The van der Waals surface area contributed by atoms with Gasteiger partial charge in [0.2, 0.25) is 5.91 Å². The van der Waals surface area contributed by atoms with Crippen molar-refractivity contribution in [3.8, 4) is 0 Å². The largest absolute Gasteiger partial charge is 0.399 e. The predicted molar refractivity (Wildman–Crippen MR) is 77.2 cm³/mol. The van der Waals surface area contributed by atoms with Crippen molar-refractivity contribution in [1.29, 1.82) is 0 Å². The molecule has 0 spiro atoms. The van der Waals surface area contributed by atoms with Gasteiger partial charge in [0, 0.05) is 24.0 Å². The monoisotopic (exact) mass is 262 g/mol. The number of nitrogen functional groups attached to an aromatic ring is 1. The number of nitrogens with zero attached hydrogens (tertiary/aromatic N) is 1. The molecule has 1 amide bonds. The molecule has 0 bridgehead atoms. The molecular weight excluding hydrogens is 240 g/mol. The number of hydrogen-bond acceptors (Lipinski definition) is 3. The second kappa shape index (κ2) is 6.06. The van der Waals surface area contributed by atoms with Gasteiger partial charge in [-0.2, -0.15) is 0 Å². The van der Waals surface area contributed by atoms with Crippen molar-refractivity contribution >= 4 is 17.3 Å². The summed E-state index contributed by atoms with van der Waals surface area (Å²) in [7, 11) is 0. The molecule has 2 N–H and O–H groups in total. The maximum absolute atomic E-state index is 12.3. The maximum Gasteiger partial charge on any atom is 0.229 e. The summed E-state index contributed by atoms with van der Waals surface area (Å²) in [5, 5.41) is 0. The molecule has 104 valence electrons. The minimum Gasteiger partial charge on any atom is -0.399 e. The first-order valence-electron chi connectivity index (χ1n) is 6.91. The van der Waals surface area contributed by atoms with Crippen molar-refractivity contribution in [1.82, 2.24) is 0 Å². The highest BCUT2D eigenvalue weighted by Crippen LogP contribution is 2.33. The van der Waals surface area contributed by atoms with Gasteiger partial charge in [0.05, 0.1) is 13.0 Å². The molecule has 2 rings (SSSR count). The van der Waals surface area contributed by atoms with Gasteiger partial charge in [-0.3, -0.25) is 4.79 Å². The highest BCUT2D eigenvalue weighted by Gasteiger charge is 2.30. The summed E-state index contributed by atoms with van der Waals surface area (Å²) in [5.41, 5.74) is 8.71. The number of benzene rings is 1. The van der Waals surface area contributed by atoms with Crippen LogP contribution in [0.1, 0.15) is 32.3 Å². The van der Waals surface area contributed by atoms with Crippen LogP contribution in [0.5, 0.6) is 0 Å². The second-order valence-electron chi connectivity index (χ2n) is 5.07. The van der Waals surface area contributed by atoms with Crippen LogP contribution in [-0.2, 0) is 16.0 Å². The predicted octanol–water partition coefficient (Wildman–Crippen LogP) is 2.36. The van der Waals surface area contributed by atoms with Crippen molar-refractivity contribution in [2.24, 2.45) is 0 Å². The smallest absolute Gasteiger partial charge is 0.229 e. The molecule has 19 heavy (non-hydrogen) atoms. The van der Waals surface area contributed by atoms with E-state index in [1.807, 2.05) is 23.1 Å². The zero-order valence-corrected chi connectivity index (χ0v) is 11.7. The number of rotatable bonds is 5. The van der Waals surface area contributed by atoms with Crippen molar-refractivity contribution < 1.29 is 9.53 Å². The molecule has 0 fully saturated rings. The number of anilines is 2. The summed E-state index contributed by atoms with van der Waals surface area (Å²) in [6, 6.07) is 5.96. The molecular formula is C15H22N2O2. The van der Waals surface area contributed by atoms with Gasteiger partial charge in [-0.1, -0.05) is 6.92 Å². The summed E-state index contributed by atoms with van der Waals surface area (Å²) in [5.74, 6) is 0.132. The molecule has 0 saturated carbocycles. The molecule has 4 nitrogen and oxygen atoms in total. The molecule has 1 aromatic carbocycles. The van der Waals surface area contributed by atoms with E-state index in [4.69, 9.17) is 10.5 Å². The number of amides is 1. The molecule has 1 heterocycles. The van der Waals surface area contributed by atoms with E-state index < -0.39 is 0 Å². The van der Waals surface area contributed by atoms with Gasteiger partial charge in [0.15, 0.2) is 0 Å². The van der Waals surface area contributed by atoms with Crippen LogP contribution >= 0.6 is 0 Å². The lowest BCUT2D eigenvalue weighted by molar-refractivity contribution is -0.119. The molecule has 1 aromatic rings. The minimum atomic E-state index is 0.132. The standard InChI is InChI=1S/C15H22N2O2/c1-3-7-19-8-6-15(18)17-11(2)9-12-10-13(16)4-5-14(12)17/h4-5,10-11H,3,6-9,16H2,1-2H3. The van der Waals surface area contributed by atoms with Crippen molar-refractivity contribution in [3.05, 3.63) is 23.8 Å². The van der Waals surface area contributed by atoms with E-state index in [-0.39, 0.29) is 11.9 Å². The molecule has 1 aliphatic heterocycles. The first-order valence-corrected chi connectivity index (χ1v) is 6.91. The van der Waals surface area contributed by atoms with E-state index in [1.165, 1.54) is 0 Å². The van der Waals surface area contributed by atoms with Crippen LogP contribution in [0.2, 0.25) is 0 Å². The Bertz CT molecular complexity index is 459. The number of hydrogen-bond donors (Lipinski definition) is 1. The van der Waals surface area contributed by atoms with E-state index in [0.717, 1.165) is 36.4 Å².